The molecule has 2 aromatic heterocycles. The third-order valence-electron chi connectivity index (χ3n) is 3.82. The summed E-state index contributed by atoms with van der Waals surface area (Å²) < 4.78 is 3.13. The number of aryl methyl sites for hydroxylation is 1. The Bertz CT molecular complexity index is 928. The van der Waals surface area contributed by atoms with Gasteiger partial charge in [-0.25, -0.2) is 4.68 Å². The van der Waals surface area contributed by atoms with E-state index in [0.717, 1.165) is 17.5 Å². The fourth-order valence-electron chi connectivity index (χ4n) is 2.52. The zero-order valence-electron chi connectivity index (χ0n) is 14.8. The monoisotopic (exact) mass is 355 g/mol. The van der Waals surface area contributed by atoms with Gasteiger partial charge in [-0.05, 0) is 25.5 Å². The molecule has 2 heterocycles. The molecule has 0 radical (unpaired) electrons. The largest absolute Gasteiger partial charge is 0.351 e. The summed E-state index contributed by atoms with van der Waals surface area (Å²) in [5.74, 6) is -0.610. The van der Waals surface area contributed by atoms with E-state index in [-0.39, 0.29) is 24.1 Å². The first-order valence-electron chi connectivity index (χ1n) is 8.56. The lowest BCUT2D eigenvalue weighted by Crippen LogP contribution is -2.27. The van der Waals surface area contributed by atoms with Crippen molar-refractivity contribution in [2.45, 2.75) is 33.4 Å². The Morgan fingerprint density at radius 1 is 1.19 bits per heavy atom. The van der Waals surface area contributed by atoms with Gasteiger partial charge in [0.2, 0.25) is 5.91 Å². The second-order valence-corrected chi connectivity index (χ2v) is 5.79. The number of nitrogens with zero attached hydrogens (tertiary/aromatic N) is 5. The maximum atomic E-state index is 12.4. The van der Waals surface area contributed by atoms with Gasteiger partial charge in [0.05, 0.1) is 11.2 Å². The van der Waals surface area contributed by atoms with Crippen LogP contribution in [0.5, 0.6) is 0 Å². The molecule has 0 saturated carbocycles. The normalized spacial score (nSPS) is 10.8. The average molecular weight is 355 g/mol. The van der Waals surface area contributed by atoms with E-state index < -0.39 is 0 Å². The highest BCUT2D eigenvalue weighted by molar-refractivity contribution is 6.02. The summed E-state index contributed by atoms with van der Waals surface area (Å²) in [4.78, 5) is 24.7. The van der Waals surface area contributed by atoms with Crippen molar-refractivity contribution >= 4 is 28.5 Å². The van der Waals surface area contributed by atoms with E-state index in [2.05, 4.69) is 26.0 Å². The second-order valence-electron chi connectivity index (χ2n) is 5.79. The minimum Gasteiger partial charge on any atom is -0.351 e. The Labute approximate surface area is 150 Å². The molecule has 2 N–H and O–H groups in total. The van der Waals surface area contributed by atoms with Crippen LogP contribution in [0.2, 0.25) is 0 Å². The van der Waals surface area contributed by atoms with Crippen LogP contribution in [0.1, 0.15) is 30.8 Å². The van der Waals surface area contributed by atoms with E-state index in [9.17, 15) is 9.59 Å². The standard InChI is InChI=1S/C17H21N7O2/c1-3-9-18-17(26)16-13(10-23(4-2)21-16)19-15(25)11-24-14-8-6-5-7-12(14)20-22-24/h5-8,10H,3-4,9,11H2,1-2H3,(H,18,26)(H,19,25). The highest BCUT2D eigenvalue weighted by Gasteiger charge is 2.18. The minimum atomic E-state index is -0.305. The quantitative estimate of drug-likeness (QED) is 0.667. The van der Waals surface area contributed by atoms with Gasteiger partial charge in [0.1, 0.15) is 12.1 Å². The number of fused-ring (bicyclic) bond motifs is 1. The molecule has 0 atom stereocenters. The zero-order valence-corrected chi connectivity index (χ0v) is 14.8. The molecule has 0 spiro atoms. The number of rotatable bonds is 7. The molecule has 9 heteroatoms. The topological polar surface area (TPSA) is 107 Å². The van der Waals surface area contributed by atoms with Gasteiger partial charge in [0.15, 0.2) is 5.69 Å². The van der Waals surface area contributed by atoms with Crippen LogP contribution >= 0.6 is 0 Å². The van der Waals surface area contributed by atoms with Crippen molar-refractivity contribution in [3.63, 3.8) is 0 Å². The third kappa shape index (κ3) is 3.71. The van der Waals surface area contributed by atoms with Gasteiger partial charge in [0, 0.05) is 19.3 Å². The van der Waals surface area contributed by atoms with Crippen molar-refractivity contribution in [3.05, 3.63) is 36.2 Å². The molecular formula is C17H21N7O2. The van der Waals surface area contributed by atoms with Crippen LogP contribution in [0.15, 0.2) is 30.5 Å². The number of para-hydroxylation sites is 1. The SMILES string of the molecule is CCCNC(=O)c1nn(CC)cc1NC(=O)Cn1nnc2ccccc21. The van der Waals surface area contributed by atoms with Gasteiger partial charge in [-0.15, -0.1) is 5.10 Å². The minimum absolute atomic E-state index is 0.00611. The molecule has 136 valence electrons. The molecule has 0 aliphatic heterocycles. The fourth-order valence-corrected chi connectivity index (χ4v) is 2.52. The van der Waals surface area contributed by atoms with Crippen molar-refractivity contribution < 1.29 is 9.59 Å². The van der Waals surface area contributed by atoms with Crippen LogP contribution < -0.4 is 10.6 Å². The number of nitrogens with one attached hydrogen (secondary N) is 2. The van der Waals surface area contributed by atoms with Gasteiger partial charge >= 0.3 is 0 Å². The molecule has 2 amide bonds. The molecule has 0 aliphatic carbocycles. The molecule has 0 unspecified atom stereocenters. The molecule has 0 aliphatic rings. The molecule has 0 bridgehead atoms. The first-order chi connectivity index (χ1) is 12.6. The summed E-state index contributed by atoms with van der Waals surface area (Å²) >= 11 is 0. The molecule has 9 nitrogen and oxygen atoms in total. The number of anilines is 1. The van der Waals surface area contributed by atoms with Crippen LogP contribution in [-0.4, -0.2) is 43.1 Å². The summed E-state index contributed by atoms with van der Waals surface area (Å²) in [5.41, 5.74) is 2.08. The van der Waals surface area contributed by atoms with Crippen LogP contribution in [0.4, 0.5) is 5.69 Å². The van der Waals surface area contributed by atoms with Crippen LogP contribution in [0.25, 0.3) is 11.0 Å². The number of benzene rings is 1. The Hall–Kier alpha value is -3.23. The van der Waals surface area contributed by atoms with Crippen molar-refractivity contribution in [1.29, 1.82) is 0 Å². The molecule has 1 aromatic carbocycles. The fraction of sp³-hybridized carbons (Fsp3) is 0.353. The van der Waals surface area contributed by atoms with Gasteiger partial charge in [-0.3, -0.25) is 14.3 Å². The average Bonchev–Trinajstić information content (AvgIpc) is 3.24. The highest BCUT2D eigenvalue weighted by atomic mass is 16.2. The van der Waals surface area contributed by atoms with E-state index in [4.69, 9.17) is 0 Å². The summed E-state index contributed by atoms with van der Waals surface area (Å²) in [6, 6.07) is 7.41. The molecule has 3 rings (SSSR count). The lowest BCUT2D eigenvalue weighted by atomic mass is 10.3. The zero-order chi connectivity index (χ0) is 18.5. The van der Waals surface area contributed by atoms with Crippen molar-refractivity contribution in [2.75, 3.05) is 11.9 Å². The van der Waals surface area contributed by atoms with E-state index in [1.54, 1.807) is 10.9 Å². The van der Waals surface area contributed by atoms with Crippen molar-refractivity contribution in [1.82, 2.24) is 30.1 Å². The number of aromatic nitrogens is 5. The molecular weight excluding hydrogens is 334 g/mol. The molecule has 3 aromatic rings. The van der Waals surface area contributed by atoms with E-state index in [1.165, 1.54) is 4.68 Å². The van der Waals surface area contributed by atoms with Crippen molar-refractivity contribution in [3.8, 4) is 0 Å². The van der Waals surface area contributed by atoms with Gasteiger partial charge < -0.3 is 10.6 Å². The Morgan fingerprint density at radius 2 is 2.00 bits per heavy atom. The number of carbonyl (C=O) groups excluding carboxylic acids is 2. The van der Waals surface area contributed by atoms with E-state index in [1.807, 2.05) is 38.1 Å². The Kier molecular flexibility index (Phi) is 5.26. The number of carbonyl (C=O) groups is 2. The smallest absolute Gasteiger partial charge is 0.273 e. The van der Waals surface area contributed by atoms with Gasteiger partial charge in [-0.1, -0.05) is 24.3 Å². The first kappa shape index (κ1) is 17.6. The number of amides is 2. The summed E-state index contributed by atoms with van der Waals surface area (Å²) in [6.07, 6.45) is 2.47. The van der Waals surface area contributed by atoms with E-state index >= 15 is 0 Å². The lowest BCUT2D eigenvalue weighted by molar-refractivity contribution is -0.116. The third-order valence-corrected chi connectivity index (χ3v) is 3.82. The van der Waals surface area contributed by atoms with Crippen LogP contribution in [-0.2, 0) is 17.9 Å². The lowest BCUT2D eigenvalue weighted by Gasteiger charge is -2.06. The summed E-state index contributed by atoms with van der Waals surface area (Å²) in [7, 11) is 0. The molecule has 0 saturated heterocycles. The molecule has 0 fully saturated rings. The highest BCUT2D eigenvalue weighted by Crippen LogP contribution is 2.15. The van der Waals surface area contributed by atoms with Crippen LogP contribution in [0.3, 0.4) is 0 Å². The predicted octanol–water partition coefficient (Wildman–Crippen LogP) is 1.43. The first-order valence-corrected chi connectivity index (χ1v) is 8.56. The van der Waals surface area contributed by atoms with Gasteiger partial charge in [0.25, 0.3) is 5.91 Å². The van der Waals surface area contributed by atoms with Crippen LogP contribution in [0, 0.1) is 0 Å². The van der Waals surface area contributed by atoms with Crippen molar-refractivity contribution in [2.24, 2.45) is 0 Å². The predicted molar refractivity (Wildman–Crippen MR) is 96.7 cm³/mol. The summed E-state index contributed by atoms with van der Waals surface area (Å²) in [6.45, 7) is 5.02. The Balaban J connectivity index is 1.76. The maximum Gasteiger partial charge on any atom is 0.273 e. The number of hydrogen-bond donors (Lipinski definition) is 2. The number of hydrogen-bond acceptors (Lipinski definition) is 5. The molecule has 26 heavy (non-hydrogen) atoms. The maximum absolute atomic E-state index is 12.4. The Morgan fingerprint density at radius 3 is 2.77 bits per heavy atom. The van der Waals surface area contributed by atoms with Gasteiger partial charge in [-0.2, -0.15) is 5.10 Å². The second kappa shape index (κ2) is 7.77. The van der Waals surface area contributed by atoms with E-state index in [0.29, 0.717) is 18.8 Å². The summed E-state index contributed by atoms with van der Waals surface area (Å²) in [5, 5.41) is 17.8.